The van der Waals surface area contributed by atoms with Gasteiger partial charge in [-0.25, -0.2) is 13.8 Å². The third-order valence-electron chi connectivity index (χ3n) is 3.80. The molecule has 1 aliphatic rings. The molecule has 0 radical (unpaired) electrons. The molecule has 7 heteroatoms. The normalized spacial score (nSPS) is 18.5. The van der Waals surface area contributed by atoms with E-state index in [0.717, 1.165) is 31.0 Å². The number of hydrogen-bond donors (Lipinski definition) is 0. The van der Waals surface area contributed by atoms with Crippen LogP contribution in [0.2, 0.25) is 10.3 Å². The van der Waals surface area contributed by atoms with E-state index in [1.165, 1.54) is 6.07 Å². The smallest absolute Gasteiger partial charge is 0.224 e. The highest BCUT2D eigenvalue weighted by Crippen LogP contribution is 2.36. The summed E-state index contributed by atoms with van der Waals surface area (Å²) in [6.07, 6.45) is 3.79. The van der Waals surface area contributed by atoms with Crippen molar-refractivity contribution in [1.29, 1.82) is 0 Å². The van der Waals surface area contributed by atoms with Crippen LogP contribution >= 0.6 is 23.2 Å². The third-order valence-corrected chi connectivity index (χ3v) is 4.27. The number of nitrogens with zero attached hydrogens (tertiary/aromatic N) is 3. The van der Waals surface area contributed by atoms with Crippen LogP contribution in [-0.2, 0) is 0 Å². The topological polar surface area (TPSA) is 29.0 Å². The van der Waals surface area contributed by atoms with Crippen LogP contribution < -0.4 is 4.90 Å². The predicted octanol–water partition coefficient (Wildman–Crippen LogP) is 4.79. The van der Waals surface area contributed by atoms with E-state index in [0.29, 0.717) is 6.54 Å². The second-order valence-electron chi connectivity index (χ2n) is 5.19. The summed E-state index contributed by atoms with van der Waals surface area (Å²) in [5, 5.41) is 0.0575. The zero-order chi connectivity index (χ0) is 15.7. The molecular formula is C15H13Cl2F2N3. The third kappa shape index (κ3) is 3.01. The Morgan fingerprint density at radius 3 is 2.73 bits per heavy atom. The zero-order valence-corrected chi connectivity index (χ0v) is 13.1. The first kappa shape index (κ1) is 15.4. The molecule has 116 valence electrons. The Balaban J connectivity index is 2.00. The summed E-state index contributed by atoms with van der Waals surface area (Å²) in [6, 6.07) is 4.46. The van der Waals surface area contributed by atoms with E-state index in [2.05, 4.69) is 9.97 Å². The maximum absolute atomic E-state index is 14.1. The summed E-state index contributed by atoms with van der Waals surface area (Å²) in [6.45, 7) is 0.643. The van der Waals surface area contributed by atoms with Crippen molar-refractivity contribution >= 4 is 29.0 Å². The first-order chi connectivity index (χ1) is 10.6. The maximum atomic E-state index is 14.1. The van der Waals surface area contributed by atoms with Crippen LogP contribution in [0, 0.1) is 11.6 Å². The zero-order valence-electron chi connectivity index (χ0n) is 11.6. The Hall–Kier alpha value is -1.46. The van der Waals surface area contributed by atoms with Crippen molar-refractivity contribution in [1.82, 2.24) is 9.97 Å². The summed E-state index contributed by atoms with van der Waals surface area (Å²) < 4.78 is 27.4. The van der Waals surface area contributed by atoms with Gasteiger partial charge >= 0.3 is 0 Å². The van der Waals surface area contributed by atoms with Crippen molar-refractivity contribution in [2.24, 2.45) is 0 Å². The van der Waals surface area contributed by atoms with E-state index < -0.39 is 11.6 Å². The monoisotopic (exact) mass is 343 g/mol. The van der Waals surface area contributed by atoms with Crippen LogP contribution in [0.4, 0.5) is 14.6 Å². The molecule has 1 atom stereocenters. The molecule has 3 nitrogen and oxygen atoms in total. The van der Waals surface area contributed by atoms with Crippen molar-refractivity contribution in [3.8, 4) is 0 Å². The van der Waals surface area contributed by atoms with Crippen LogP contribution in [0.3, 0.4) is 0 Å². The Morgan fingerprint density at radius 1 is 1.14 bits per heavy atom. The number of benzene rings is 1. The van der Waals surface area contributed by atoms with Gasteiger partial charge in [0.2, 0.25) is 5.28 Å². The molecule has 2 aromatic rings. The van der Waals surface area contributed by atoms with E-state index in [-0.39, 0.29) is 22.2 Å². The number of anilines is 1. The predicted molar refractivity (Wildman–Crippen MR) is 82.3 cm³/mol. The second-order valence-corrected chi connectivity index (χ2v) is 5.93. The van der Waals surface area contributed by atoms with E-state index in [9.17, 15) is 8.78 Å². The molecule has 1 aliphatic heterocycles. The lowest BCUT2D eigenvalue weighted by Gasteiger charge is -2.37. The van der Waals surface area contributed by atoms with Crippen LogP contribution in [0.1, 0.15) is 30.9 Å². The van der Waals surface area contributed by atoms with Crippen LogP contribution in [0.25, 0.3) is 0 Å². The van der Waals surface area contributed by atoms with E-state index in [1.807, 2.05) is 4.90 Å². The van der Waals surface area contributed by atoms with Gasteiger partial charge in [0.05, 0.1) is 17.3 Å². The van der Waals surface area contributed by atoms with Gasteiger partial charge in [-0.1, -0.05) is 17.7 Å². The van der Waals surface area contributed by atoms with Gasteiger partial charge in [-0.2, -0.15) is 4.98 Å². The lowest BCUT2D eigenvalue weighted by atomic mass is 9.95. The first-order valence-electron chi connectivity index (χ1n) is 6.96. The summed E-state index contributed by atoms with van der Waals surface area (Å²) >= 11 is 11.7. The number of halogens is 4. The first-order valence-corrected chi connectivity index (χ1v) is 7.71. The highest BCUT2D eigenvalue weighted by molar-refractivity contribution is 6.30. The Morgan fingerprint density at radius 2 is 1.95 bits per heavy atom. The Labute approximate surface area is 136 Å². The highest BCUT2D eigenvalue weighted by atomic mass is 35.5. The molecule has 1 fully saturated rings. The molecule has 3 rings (SSSR count). The Kier molecular flexibility index (Phi) is 4.45. The summed E-state index contributed by atoms with van der Waals surface area (Å²) in [7, 11) is 0. The molecule has 0 amide bonds. The molecule has 1 aromatic carbocycles. The van der Waals surface area contributed by atoms with E-state index in [1.54, 1.807) is 12.1 Å². The lowest BCUT2D eigenvalue weighted by molar-refractivity contribution is 0.458. The van der Waals surface area contributed by atoms with Crippen molar-refractivity contribution < 1.29 is 8.78 Å². The second kappa shape index (κ2) is 6.34. The molecule has 1 aromatic heterocycles. The standard InChI is InChI=1S/C15H13Cl2F2N3/c16-10-7-9(4-5-11(10)18)13-3-1-2-6-22(13)14-12(19)8-20-15(17)21-14/h4-5,7-8,13H,1-3,6H2. The number of rotatable bonds is 2. The van der Waals surface area contributed by atoms with Crippen LogP contribution in [0.15, 0.2) is 24.4 Å². The fourth-order valence-corrected chi connectivity index (χ4v) is 3.11. The molecule has 0 aliphatic carbocycles. The number of hydrogen-bond acceptors (Lipinski definition) is 3. The fourth-order valence-electron chi connectivity index (χ4n) is 2.79. The van der Waals surface area contributed by atoms with E-state index in [4.69, 9.17) is 23.2 Å². The fraction of sp³-hybridized carbons (Fsp3) is 0.333. The van der Waals surface area contributed by atoms with Gasteiger partial charge in [-0.05, 0) is 48.6 Å². The molecule has 22 heavy (non-hydrogen) atoms. The Bertz CT molecular complexity index is 696. The number of piperidine rings is 1. The lowest BCUT2D eigenvalue weighted by Crippen LogP contribution is -2.34. The summed E-state index contributed by atoms with van der Waals surface area (Å²) in [5.41, 5.74) is 0.834. The summed E-state index contributed by atoms with van der Waals surface area (Å²) in [4.78, 5) is 9.49. The largest absolute Gasteiger partial charge is 0.347 e. The minimum Gasteiger partial charge on any atom is -0.347 e. The van der Waals surface area contributed by atoms with Gasteiger partial charge in [-0.15, -0.1) is 0 Å². The van der Waals surface area contributed by atoms with Gasteiger partial charge in [0.1, 0.15) is 5.82 Å². The van der Waals surface area contributed by atoms with Crippen LogP contribution in [-0.4, -0.2) is 16.5 Å². The molecule has 1 saturated heterocycles. The highest BCUT2D eigenvalue weighted by Gasteiger charge is 2.28. The average molecular weight is 344 g/mol. The molecule has 0 N–H and O–H groups in total. The van der Waals surface area contributed by atoms with Gasteiger partial charge < -0.3 is 4.90 Å². The van der Waals surface area contributed by atoms with Crippen molar-refractivity contribution in [3.63, 3.8) is 0 Å². The molecule has 0 saturated carbocycles. The minimum absolute atomic E-state index is 0.00198. The van der Waals surface area contributed by atoms with E-state index >= 15 is 0 Å². The number of aromatic nitrogens is 2. The molecule has 0 bridgehead atoms. The van der Waals surface area contributed by atoms with Crippen molar-refractivity contribution in [2.75, 3.05) is 11.4 Å². The van der Waals surface area contributed by atoms with Crippen molar-refractivity contribution in [3.05, 3.63) is 51.9 Å². The molecule has 2 heterocycles. The molecular weight excluding hydrogens is 331 g/mol. The SMILES string of the molecule is Fc1ccc(C2CCCCN2c2nc(Cl)ncc2F)cc1Cl. The minimum atomic E-state index is -0.524. The van der Waals surface area contributed by atoms with Gasteiger partial charge in [-0.3, -0.25) is 0 Å². The summed E-state index contributed by atoms with van der Waals surface area (Å²) in [5.74, 6) is -0.821. The quantitative estimate of drug-likeness (QED) is 0.734. The van der Waals surface area contributed by atoms with Gasteiger partial charge in [0, 0.05) is 6.54 Å². The van der Waals surface area contributed by atoms with Crippen molar-refractivity contribution in [2.45, 2.75) is 25.3 Å². The average Bonchev–Trinajstić information content (AvgIpc) is 2.52. The molecule has 0 spiro atoms. The van der Waals surface area contributed by atoms with Crippen LogP contribution in [0.5, 0.6) is 0 Å². The molecule has 1 unspecified atom stereocenters. The van der Waals surface area contributed by atoms with Gasteiger partial charge in [0.15, 0.2) is 11.6 Å². The van der Waals surface area contributed by atoms with Gasteiger partial charge in [0.25, 0.3) is 0 Å². The maximum Gasteiger partial charge on any atom is 0.224 e.